The molecule has 0 aliphatic heterocycles. The minimum Gasteiger partial charge on any atom is -0.380 e. The van der Waals surface area contributed by atoms with E-state index in [-0.39, 0.29) is 0 Å². The third-order valence-electron chi connectivity index (χ3n) is 4.77. The van der Waals surface area contributed by atoms with E-state index >= 15 is 0 Å². The van der Waals surface area contributed by atoms with E-state index in [1.807, 2.05) is 7.11 Å². The molecule has 1 aliphatic rings. The van der Waals surface area contributed by atoms with Crippen molar-refractivity contribution in [3.05, 3.63) is 0 Å². The molecule has 17 heavy (non-hydrogen) atoms. The lowest BCUT2D eigenvalue weighted by molar-refractivity contribution is -0.00560. The lowest BCUT2D eigenvalue weighted by Gasteiger charge is -2.42. The van der Waals surface area contributed by atoms with E-state index in [1.54, 1.807) is 0 Å². The summed E-state index contributed by atoms with van der Waals surface area (Å²) in [6.07, 6.45) is 6.72. The third-order valence-corrected chi connectivity index (χ3v) is 4.77. The molecule has 1 aliphatic carbocycles. The second kappa shape index (κ2) is 6.75. The number of hydrogen-bond donors (Lipinski definition) is 1. The fourth-order valence-corrected chi connectivity index (χ4v) is 2.95. The van der Waals surface area contributed by atoms with Crippen LogP contribution in [0.1, 0.15) is 59.8 Å². The number of rotatable bonds is 6. The number of methoxy groups -OCH3 is 1. The Morgan fingerprint density at radius 1 is 1.24 bits per heavy atom. The molecule has 0 aromatic carbocycles. The van der Waals surface area contributed by atoms with Gasteiger partial charge in [-0.2, -0.15) is 0 Å². The molecule has 102 valence electrons. The van der Waals surface area contributed by atoms with E-state index in [4.69, 9.17) is 4.74 Å². The van der Waals surface area contributed by atoms with Gasteiger partial charge in [0.15, 0.2) is 0 Å². The quantitative estimate of drug-likeness (QED) is 0.767. The average Bonchev–Trinajstić information content (AvgIpc) is 2.35. The summed E-state index contributed by atoms with van der Waals surface area (Å²) in [4.78, 5) is 0. The summed E-state index contributed by atoms with van der Waals surface area (Å²) in [5, 5.41) is 3.64. The van der Waals surface area contributed by atoms with Gasteiger partial charge in [-0.05, 0) is 43.6 Å². The molecule has 3 unspecified atom stereocenters. The third kappa shape index (κ3) is 3.96. The Balaban J connectivity index is 2.54. The smallest absolute Gasteiger partial charge is 0.0727 e. The van der Waals surface area contributed by atoms with Crippen molar-refractivity contribution in [2.75, 3.05) is 13.7 Å². The van der Waals surface area contributed by atoms with E-state index in [9.17, 15) is 0 Å². The first-order valence-corrected chi connectivity index (χ1v) is 7.31. The van der Waals surface area contributed by atoms with Crippen LogP contribution >= 0.6 is 0 Å². The van der Waals surface area contributed by atoms with Gasteiger partial charge in [0.2, 0.25) is 0 Å². The van der Waals surface area contributed by atoms with Crippen LogP contribution in [-0.4, -0.2) is 25.8 Å². The van der Waals surface area contributed by atoms with Gasteiger partial charge in [0.25, 0.3) is 0 Å². The summed E-state index contributed by atoms with van der Waals surface area (Å²) >= 11 is 0. The molecule has 0 spiro atoms. The molecule has 0 heterocycles. The van der Waals surface area contributed by atoms with E-state index < -0.39 is 0 Å². The van der Waals surface area contributed by atoms with E-state index in [1.165, 1.54) is 32.1 Å². The summed E-state index contributed by atoms with van der Waals surface area (Å²) in [7, 11) is 1.87. The maximum atomic E-state index is 5.71. The Kier molecular flexibility index (Phi) is 5.94. The minimum atomic E-state index is 0.408. The van der Waals surface area contributed by atoms with E-state index in [2.05, 4.69) is 33.0 Å². The van der Waals surface area contributed by atoms with Crippen molar-refractivity contribution in [2.24, 2.45) is 11.3 Å². The number of ether oxygens (including phenoxy) is 1. The summed E-state index contributed by atoms with van der Waals surface area (Å²) < 4.78 is 5.71. The molecule has 0 saturated heterocycles. The van der Waals surface area contributed by atoms with Gasteiger partial charge in [0, 0.05) is 13.2 Å². The standard InChI is InChI=1S/C15H31NO/c1-6-10-16-13-9-8-12(11-14(13)17-5)15(3,4)7-2/h12-14,16H,6-11H2,1-5H3. The van der Waals surface area contributed by atoms with Crippen molar-refractivity contribution in [1.29, 1.82) is 0 Å². The van der Waals surface area contributed by atoms with Crippen LogP contribution in [0.25, 0.3) is 0 Å². The summed E-state index contributed by atoms with van der Waals surface area (Å²) in [5.41, 5.74) is 0.465. The van der Waals surface area contributed by atoms with Crippen molar-refractivity contribution < 1.29 is 4.74 Å². The minimum absolute atomic E-state index is 0.408. The van der Waals surface area contributed by atoms with Gasteiger partial charge in [0.05, 0.1) is 6.10 Å². The van der Waals surface area contributed by atoms with Crippen LogP contribution in [0.2, 0.25) is 0 Å². The monoisotopic (exact) mass is 241 g/mol. The fraction of sp³-hybridized carbons (Fsp3) is 1.00. The van der Waals surface area contributed by atoms with Gasteiger partial charge < -0.3 is 10.1 Å². The molecule has 1 fully saturated rings. The molecule has 0 aromatic heterocycles. The topological polar surface area (TPSA) is 21.3 Å². The first-order valence-electron chi connectivity index (χ1n) is 7.31. The van der Waals surface area contributed by atoms with Gasteiger partial charge in [-0.3, -0.25) is 0 Å². The molecular formula is C15H31NO. The summed E-state index contributed by atoms with van der Waals surface area (Å²) in [6, 6.07) is 0.573. The lowest BCUT2D eigenvalue weighted by atomic mass is 9.68. The molecule has 2 nitrogen and oxygen atoms in total. The summed E-state index contributed by atoms with van der Waals surface area (Å²) in [6.45, 7) is 10.5. The van der Waals surface area contributed by atoms with Gasteiger partial charge in [0.1, 0.15) is 0 Å². The van der Waals surface area contributed by atoms with Crippen LogP contribution in [0.3, 0.4) is 0 Å². The molecule has 0 aromatic rings. The van der Waals surface area contributed by atoms with E-state index in [0.29, 0.717) is 17.6 Å². The largest absolute Gasteiger partial charge is 0.380 e. The van der Waals surface area contributed by atoms with Gasteiger partial charge in [-0.25, -0.2) is 0 Å². The molecular weight excluding hydrogens is 210 g/mol. The highest BCUT2D eigenvalue weighted by molar-refractivity contribution is 4.90. The molecule has 1 rings (SSSR count). The van der Waals surface area contributed by atoms with Gasteiger partial charge in [-0.15, -0.1) is 0 Å². The van der Waals surface area contributed by atoms with Crippen LogP contribution in [0, 0.1) is 11.3 Å². The average molecular weight is 241 g/mol. The van der Waals surface area contributed by atoms with Gasteiger partial charge in [-0.1, -0.05) is 34.1 Å². The Hall–Kier alpha value is -0.0800. The number of hydrogen-bond acceptors (Lipinski definition) is 2. The highest BCUT2D eigenvalue weighted by Crippen LogP contribution is 2.41. The second-order valence-corrected chi connectivity index (χ2v) is 6.19. The Bertz CT molecular complexity index is 215. The predicted molar refractivity (Wildman–Crippen MR) is 74.3 cm³/mol. The maximum Gasteiger partial charge on any atom is 0.0727 e. The first-order chi connectivity index (χ1) is 8.05. The summed E-state index contributed by atoms with van der Waals surface area (Å²) in [5.74, 6) is 0.817. The van der Waals surface area contributed by atoms with Crippen LogP contribution in [0.4, 0.5) is 0 Å². The molecule has 1 N–H and O–H groups in total. The zero-order valence-electron chi connectivity index (χ0n) is 12.4. The molecule has 1 saturated carbocycles. The lowest BCUT2D eigenvalue weighted by Crippen LogP contribution is -2.47. The van der Waals surface area contributed by atoms with Crippen LogP contribution in [0.15, 0.2) is 0 Å². The zero-order valence-corrected chi connectivity index (χ0v) is 12.4. The predicted octanol–water partition coefficient (Wildman–Crippen LogP) is 3.61. The Labute approximate surface area is 108 Å². The fourth-order valence-electron chi connectivity index (χ4n) is 2.95. The second-order valence-electron chi connectivity index (χ2n) is 6.19. The Morgan fingerprint density at radius 2 is 1.94 bits per heavy atom. The molecule has 0 bridgehead atoms. The van der Waals surface area contributed by atoms with Crippen molar-refractivity contribution in [3.63, 3.8) is 0 Å². The number of nitrogens with one attached hydrogen (secondary N) is 1. The van der Waals surface area contributed by atoms with Crippen LogP contribution < -0.4 is 5.32 Å². The maximum absolute atomic E-state index is 5.71. The van der Waals surface area contributed by atoms with Crippen LogP contribution in [-0.2, 0) is 4.74 Å². The van der Waals surface area contributed by atoms with Gasteiger partial charge >= 0.3 is 0 Å². The Morgan fingerprint density at radius 3 is 2.47 bits per heavy atom. The molecule has 2 heteroatoms. The first kappa shape index (κ1) is 15.0. The SMILES string of the molecule is CCCNC1CCC(C(C)(C)CC)CC1OC. The van der Waals surface area contributed by atoms with Crippen molar-refractivity contribution in [3.8, 4) is 0 Å². The van der Waals surface area contributed by atoms with Crippen molar-refractivity contribution >= 4 is 0 Å². The molecule has 3 atom stereocenters. The van der Waals surface area contributed by atoms with Crippen molar-refractivity contribution in [1.82, 2.24) is 5.32 Å². The van der Waals surface area contributed by atoms with Crippen molar-refractivity contribution in [2.45, 2.75) is 71.9 Å². The highest BCUT2D eigenvalue weighted by atomic mass is 16.5. The molecule has 0 radical (unpaired) electrons. The normalized spacial score (nSPS) is 30.5. The zero-order chi connectivity index (χ0) is 12.9. The van der Waals surface area contributed by atoms with E-state index in [0.717, 1.165) is 12.5 Å². The molecule has 0 amide bonds. The van der Waals surface area contributed by atoms with Crippen LogP contribution in [0.5, 0.6) is 0 Å². The highest BCUT2D eigenvalue weighted by Gasteiger charge is 2.36.